The molecule has 24 heavy (non-hydrogen) atoms. The fourth-order valence-corrected chi connectivity index (χ4v) is 3.41. The van der Waals surface area contributed by atoms with Gasteiger partial charge in [0.2, 0.25) is 0 Å². The van der Waals surface area contributed by atoms with Gasteiger partial charge in [0, 0.05) is 5.56 Å². The smallest absolute Gasteiger partial charge is 0.267 e. The number of hydrogen-bond acceptors (Lipinski definition) is 4. The van der Waals surface area contributed by atoms with Crippen LogP contribution in [0.1, 0.15) is 21.5 Å². The topological polar surface area (TPSA) is 49.4 Å². The van der Waals surface area contributed by atoms with E-state index in [2.05, 4.69) is 5.43 Å². The predicted molar refractivity (Wildman–Crippen MR) is 100 cm³/mol. The van der Waals surface area contributed by atoms with Crippen LogP contribution in [0.2, 0.25) is 0 Å². The largest absolute Gasteiger partial charge is 0.285 e. The van der Waals surface area contributed by atoms with Gasteiger partial charge in [0.1, 0.15) is 0 Å². The van der Waals surface area contributed by atoms with Crippen molar-refractivity contribution >= 4 is 46.2 Å². The standard InChI is InChI=1S/C18H14N2O2S2/c1-12-6-5-7-13(10-12)11-15-17(22)20(18(23)24-15)19-16(21)14-8-3-2-4-9-14/h2-11H,1H3,(H,19,21)/b15-11-. The number of aryl methyl sites for hydroxylation is 1. The molecule has 2 amide bonds. The van der Waals surface area contributed by atoms with E-state index in [0.717, 1.165) is 16.1 Å². The lowest BCUT2D eigenvalue weighted by Crippen LogP contribution is -2.44. The van der Waals surface area contributed by atoms with Crippen LogP contribution < -0.4 is 5.43 Å². The minimum atomic E-state index is -0.372. The Morgan fingerprint density at radius 2 is 1.92 bits per heavy atom. The molecule has 0 radical (unpaired) electrons. The summed E-state index contributed by atoms with van der Waals surface area (Å²) >= 11 is 6.39. The summed E-state index contributed by atoms with van der Waals surface area (Å²) in [6.07, 6.45) is 1.78. The maximum absolute atomic E-state index is 12.5. The molecule has 4 nitrogen and oxygen atoms in total. The molecule has 1 aliphatic heterocycles. The first-order chi connectivity index (χ1) is 11.5. The van der Waals surface area contributed by atoms with Crippen molar-refractivity contribution in [3.05, 3.63) is 76.2 Å². The van der Waals surface area contributed by atoms with Crippen LogP contribution >= 0.6 is 24.0 Å². The number of hydrogen-bond donors (Lipinski definition) is 1. The lowest BCUT2D eigenvalue weighted by atomic mass is 10.1. The Balaban J connectivity index is 1.78. The highest BCUT2D eigenvalue weighted by atomic mass is 32.2. The highest BCUT2D eigenvalue weighted by Crippen LogP contribution is 2.31. The third-order valence-electron chi connectivity index (χ3n) is 3.38. The number of amides is 2. The fourth-order valence-electron chi connectivity index (χ4n) is 2.23. The molecular formula is C18H14N2O2S2. The molecule has 1 aliphatic rings. The van der Waals surface area contributed by atoms with Crippen LogP contribution in [0.4, 0.5) is 0 Å². The number of carbonyl (C=O) groups excluding carboxylic acids is 2. The molecule has 0 unspecified atom stereocenters. The van der Waals surface area contributed by atoms with E-state index in [4.69, 9.17) is 12.2 Å². The van der Waals surface area contributed by atoms with Crippen molar-refractivity contribution < 1.29 is 9.59 Å². The van der Waals surface area contributed by atoms with E-state index in [9.17, 15) is 9.59 Å². The number of nitrogens with zero attached hydrogens (tertiary/aromatic N) is 1. The lowest BCUT2D eigenvalue weighted by molar-refractivity contribution is -0.123. The number of rotatable bonds is 3. The molecule has 0 atom stereocenters. The molecule has 2 aromatic rings. The Morgan fingerprint density at radius 3 is 2.62 bits per heavy atom. The molecule has 1 saturated heterocycles. The van der Waals surface area contributed by atoms with Crippen LogP contribution in [-0.4, -0.2) is 21.1 Å². The van der Waals surface area contributed by atoms with Crippen molar-refractivity contribution in [1.82, 2.24) is 10.4 Å². The first-order valence-corrected chi connectivity index (χ1v) is 8.48. The molecule has 1 N–H and O–H groups in total. The molecule has 1 fully saturated rings. The van der Waals surface area contributed by atoms with E-state index in [1.165, 1.54) is 11.8 Å². The van der Waals surface area contributed by atoms with E-state index in [1.807, 2.05) is 37.3 Å². The number of benzene rings is 2. The summed E-state index contributed by atoms with van der Waals surface area (Å²) in [5.74, 6) is -0.695. The zero-order valence-corrected chi connectivity index (χ0v) is 14.5. The monoisotopic (exact) mass is 354 g/mol. The van der Waals surface area contributed by atoms with Crippen LogP contribution in [0.25, 0.3) is 6.08 Å². The van der Waals surface area contributed by atoms with Gasteiger partial charge >= 0.3 is 0 Å². The van der Waals surface area contributed by atoms with Crippen molar-refractivity contribution in [3.63, 3.8) is 0 Å². The molecule has 2 aromatic carbocycles. The van der Waals surface area contributed by atoms with Crippen LogP contribution in [0.3, 0.4) is 0 Å². The van der Waals surface area contributed by atoms with E-state index in [-0.39, 0.29) is 11.8 Å². The first kappa shape index (κ1) is 16.4. The molecular weight excluding hydrogens is 340 g/mol. The van der Waals surface area contributed by atoms with Crippen molar-refractivity contribution in [1.29, 1.82) is 0 Å². The number of hydrazine groups is 1. The van der Waals surface area contributed by atoms with Crippen LogP contribution in [-0.2, 0) is 4.79 Å². The van der Waals surface area contributed by atoms with Crippen LogP contribution in [0, 0.1) is 6.92 Å². The van der Waals surface area contributed by atoms with Crippen molar-refractivity contribution in [3.8, 4) is 0 Å². The summed E-state index contributed by atoms with van der Waals surface area (Å²) in [5.41, 5.74) is 5.06. The first-order valence-electron chi connectivity index (χ1n) is 7.25. The highest BCUT2D eigenvalue weighted by Gasteiger charge is 2.33. The molecule has 120 valence electrons. The molecule has 6 heteroatoms. The minimum absolute atomic E-state index is 0.309. The predicted octanol–water partition coefficient (Wildman–Crippen LogP) is 3.54. The summed E-state index contributed by atoms with van der Waals surface area (Å²) in [5, 5.41) is 1.12. The van der Waals surface area contributed by atoms with E-state index < -0.39 is 0 Å². The quantitative estimate of drug-likeness (QED) is 0.677. The highest BCUT2D eigenvalue weighted by molar-refractivity contribution is 8.26. The zero-order chi connectivity index (χ0) is 17.1. The molecule has 3 rings (SSSR count). The second-order valence-electron chi connectivity index (χ2n) is 5.24. The van der Waals surface area contributed by atoms with Gasteiger partial charge in [-0.2, -0.15) is 5.01 Å². The van der Waals surface area contributed by atoms with Gasteiger partial charge in [-0.3, -0.25) is 15.0 Å². The van der Waals surface area contributed by atoms with Crippen molar-refractivity contribution in [2.75, 3.05) is 0 Å². The van der Waals surface area contributed by atoms with E-state index in [0.29, 0.717) is 14.8 Å². The normalized spacial score (nSPS) is 15.9. The minimum Gasteiger partial charge on any atom is -0.267 e. The number of nitrogens with one attached hydrogen (secondary N) is 1. The van der Waals surface area contributed by atoms with Crippen molar-refractivity contribution in [2.24, 2.45) is 0 Å². The van der Waals surface area contributed by atoms with Crippen LogP contribution in [0.15, 0.2) is 59.5 Å². The summed E-state index contributed by atoms with van der Waals surface area (Å²) in [7, 11) is 0. The molecule has 0 spiro atoms. The summed E-state index contributed by atoms with van der Waals surface area (Å²) in [4.78, 5) is 25.2. The Kier molecular flexibility index (Phi) is 4.78. The second kappa shape index (κ2) is 6.98. The van der Waals surface area contributed by atoms with Crippen LogP contribution in [0.5, 0.6) is 0 Å². The fraction of sp³-hybridized carbons (Fsp3) is 0.0556. The van der Waals surface area contributed by atoms with Gasteiger partial charge in [0.15, 0.2) is 4.32 Å². The van der Waals surface area contributed by atoms with Crippen molar-refractivity contribution in [2.45, 2.75) is 6.92 Å². The van der Waals surface area contributed by atoms with Gasteiger partial charge in [0.05, 0.1) is 4.91 Å². The maximum Gasteiger partial charge on any atom is 0.285 e. The van der Waals surface area contributed by atoms with Gasteiger partial charge in [-0.25, -0.2) is 0 Å². The Morgan fingerprint density at radius 1 is 1.17 bits per heavy atom. The van der Waals surface area contributed by atoms with Gasteiger partial charge in [0.25, 0.3) is 11.8 Å². The molecule has 0 aromatic heterocycles. The molecule has 0 aliphatic carbocycles. The maximum atomic E-state index is 12.5. The zero-order valence-electron chi connectivity index (χ0n) is 12.9. The number of thioether (sulfide) groups is 1. The Hall–Kier alpha value is -2.44. The number of thiocarbonyl (C=S) groups is 1. The summed E-state index contributed by atoms with van der Waals surface area (Å²) in [6.45, 7) is 1.99. The summed E-state index contributed by atoms with van der Waals surface area (Å²) in [6, 6.07) is 16.5. The number of carbonyl (C=O) groups is 2. The Bertz CT molecular complexity index is 847. The molecule has 0 bridgehead atoms. The Labute approximate surface area is 149 Å². The van der Waals surface area contributed by atoms with Gasteiger partial charge in [-0.15, -0.1) is 0 Å². The molecule has 1 heterocycles. The van der Waals surface area contributed by atoms with Gasteiger partial charge in [-0.1, -0.05) is 59.8 Å². The molecule has 0 saturated carbocycles. The summed E-state index contributed by atoms with van der Waals surface area (Å²) < 4.78 is 0.309. The van der Waals surface area contributed by atoms with Gasteiger partial charge in [-0.05, 0) is 42.9 Å². The third-order valence-corrected chi connectivity index (χ3v) is 4.69. The van der Waals surface area contributed by atoms with Gasteiger partial charge < -0.3 is 0 Å². The average Bonchev–Trinajstić information content (AvgIpc) is 2.83. The lowest BCUT2D eigenvalue weighted by Gasteiger charge is -2.15. The van der Waals surface area contributed by atoms with E-state index in [1.54, 1.807) is 30.3 Å². The SMILES string of the molecule is Cc1cccc(/C=C2\SC(=S)N(NC(=O)c3ccccc3)C2=O)c1. The van der Waals surface area contributed by atoms with E-state index >= 15 is 0 Å². The second-order valence-corrected chi connectivity index (χ2v) is 6.91. The average molecular weight is 354 g/mol. The third kappa shape index (κ3) is 3.55.